The van der Waals surface area contributed by atoms with Gasteiger partial charge < -0.3 is 10.2 Å². The van der Waals surface area contributed by atoms with E-state index in [-0.39, 0.29) is 0 Å². The summed E-state index contributed by atoms with van der Waals surface area (Å²) in [5, 5.41) is 6.81. The first-order valence-electron chi connectivity index (χ1n) is 7.69. The minimum absolute atomic E-state index is 0.666. The molecular weight excluding hydrogens is 278 g/mol. The van der Waals surface area contributed by atoms with Gasteiger partial charge in [0.05, 0.1) is 10.7 Å². The van der Waals surface area contributed by atoms with Gasteiger partial charge in [0.15, 0.2) is 0 Å². The predicted octanol–water partition coefficient (Wildman–Crippen LogP) is 4.01. The van der Waals surface area contributed by atoms with E-state index in [0.717, 1.165) is 17.2 Å². The molecule has 0 saturated carbocycles. The SMILES string of the molecule is Cc1nc(-c2ccc(NCC3CCCCN3C)cc2)cs1. The second-order valence-corrected chi connectivity index (χ2v) is 6.90. The van der Waals surface area contributed by atoms with Gasteiger partial charge in [-0.15, -0.1) is 11.3 Å². The van der Waals surface area contributed by atoms with Crippen LogP contribution in [0.15, 0.2) is 29.6 Å². The van der Waals surface area contributed by atoms with Crippen LogP contribution in [0.25, 0.3) is 11.3 Å². The van der Waals surface area contributed by atoms with Gasteiger partial charge in [0.2, 0.25) is 0 Å². The van der Waals surface area contributed by atoms with Crippen LogP contribution in [-0.4, -0.2) is 36.1 Å². The number of thiazole rings is 1. The lowest BCUT2D eigenvalue weighted by atomic mass is 10.0. The smallest absolute Gasteiger partial charge is 0.0901 e. The van der Waals surface area contributed by atoms with Gasteiger partial charge in [-0.2, -0.15) is 0 Å². The topological polar surface area (TPSA) is 28.2 Å². The molecule has 1 unspecified atom stereocenters. The Hall–Kier alpha value is -1.39. The molecule has 0 spiro atoms. The number of aryl methyl sites for hydroxylation is 1. The molecule has 1 aliphatic heterocycles. The summed E-state index contributed by atoms with van der Waals surface area (Å²) in [4.78, 5) is 7.01. The summed E-state index contributed by atoms with van der Waals surface area (Å²) in [6, 6.07) is 9.29. The van der Waals surface area contributed by atoms with E-state index in [1.165, 1.54) is 37.1 Å². The first-order chi connectivity index (χ1) is 10.2. The molecule has 112 valence electrons. The fourth-order valence-electron chi connectivity index (χ4n) is 2.89. The molecule has 1 aliphatic rings. The molecule has 1 atom stereocenters. The van der Waals surface area contributed by atoms with Crippen molar-refractivity contribution in [2.45, 2.75) is 32.2 Å². The molecule has 1 aromatic carbocycles. The third-order valence-corrected chi connectivity index (χ3v) is 5.04. The molecule has 0 radical (unpaired) electrons. The number of nitrogens with zero attached hydrogens (tertiary/aromatic N) is 2. The predicted molar refractivity (Wildman–Crippen MR) is 91.0 cm³/mol. The van der Waals surface area contributed by atoms with E-state index in [2.05, 4.69) is 51.9 Å². The molecule has 3 rings (SSSR count). The summed E-state index contributed by atoms with van der Waals surface area (Å²) in [5.41, 5.74) is 3.47. The maximum absolute atomic E-state index is 4.53. The van der Waals surface area contributed by atoms with Crippen LogP contribution >= 0.6 is 11.3 Å². The third kappa shape index (κ3) is 3.63. The maximum Gasteiger partial charge on any atom is 0.0901 e. The molecule has 0 amide bonds. The number of hydrogen-bond acceptors (Lipinski definition) is 4. The van der Waals surface area contributed by atoms with E-state index >= 15 is 0 Å². The van der Waals surface area contributed by atoms with Crippen LogP contribution in [0.5, 0.6) is 0 Å². The fraction of sp³-hybridized carbons (Fsp3) is 0.471. The Balaban J connectivity index is 1.59. The number of benzene rings is 1. The van der Waals surface area contributed by atoms with Gasteiger partial charge in [0, 0.05) is 29.2 Å². The molecule has 2 heterocycles. The fourth-order valence-corrected chi connectivity index (χ4v) is 3.51. The molecular formula is C17H23N3S. The monoisotopic (exact) mass is 301 g/mol. The second kappa shape index (κ2) is 6.58. The first kappa shape index (κ1) is 14.5. The van der Waals surface area contributed by atoms with Gasteiger partial charge in [-0.25, -0.2) is 4.98 Å². The van der Waals surface area contributed by atoms with Crippen LogP contribution in [0, 0.1) is 6.92 Å². The van der Waals surface area contributed by atoms with Gasteiger partial charge in [-0.1, -0.05) is 18.6 Å². The van der Waals surface area contributed by atoms with Crippen molar-refractivity contribution in [2.24, 2.45) is 0 Å². The van der Waals surface area contributed by atoms with Crippen molar-refractivity contribution in [2.75, 3.05) is 25.5 Å². The van der Waals surface area contributed by atoms with Gasteiger partial charge in [0.25, 0.3) is 0 Å². The van der Waals surface area contributed by atoms with Gasteiger partial charge in [-0.05, 0) is 45.5 Å². The zero-order valence-corrected chi connectivity index (χ0v) is 13.6. The number of piperidine rings is 1. The zero-order chi connectivity index (χ0) is 14.7. The normalized spacial score (nSPS) is 19.6. The summed E-state index contributed by atoms with van der Waals surface area (Å²) in [5.74, 6) is 0. The number of likely N-dealkylation sites (N-methyl/N-ethyl adjacent to an activating group) is 1. The minimum atomic E-state index is 0.666. The van der Waals surface area contributed by atoms with Crippen molar-refractivity contribution in [3.8, 4) is 11.3 Å². The van der Waals surface area contributed by atoms with E-state index in [1.54, 1.807) is 11.3 Å². The number of likely N-dealkylation sites (tertiary alicyclic amines) is 1. The average molecular weight is 301 g/mol. The lowest BCUT2D eigenvalue weighted by Gasteiger charge is -2.32. The number of rotatable bonds is 4. The van der Waals surface area contributed by atoms with E-state index in [4.69, 9.17) is 0 Å². The van der Waals surface area contributed by atoms with Crippen molar-refractivity contribution in [3.05, 3.63) is 34.7 Å². The lowest BCUT2D eigenvalue weighted by Crippen LogP contribution is -2.40. The average Bonchev–Trinajstić information content (AvgIpc) is 2.94. The molecule has 3 nitrogen and oxygen atoms in total. The van der Waals surface area contributed by atoms with E-state index in [9.17, 15) is 0 Å². The second-order valence-electron chi connectivity index (χ2n) is 5.84. The van der Waals surface area contributed by atoms with Gasteiger partial charge in [0.1, 0.15) is 0 Å². The van der Waals surface area contributed by atoms with Crippen LogP contribution in [0.2, 0.25) is 0 Å². The van der Waals surface area contributed by atoms with Crippen LogP contribution in [0.1, 0.15) is 24.3 Å². The van der Waals surface area contributed by atoms with E-state index in [0.29, 0.717) is 6.04 Å². The summed E-state index contributed by atoms with van der Waals surface area (Å²) in [6.07, 6.45) is 4.01. The molecule has 1 aromatic heterocycles. The number of aromatic nitrogens is 1. The highest BCUT2D eigenvalue weighted by Gasteiger charge is 2.18. The molecule has 0 bridgehead atoms. The van der Waals surface area contributed by atoms with Crippen molar-refractivity contribution < 1.29 is 0 Å². The molecule has 2 aromatic rings. The Morgan fingerprint density at radius 3 is 2.76 bits per heavy atom. The number of nitrogens with one attached hydrogen (secondary N) is 1. The van der Waals surface area contributed by atoms with Crippen molar-refractivity contribution in [3.63, 3.8) is 0 Å². The summed E-state index contributed by atoms with van der Waals surface area (Å²) < 4.78 is 0. The Labute approximate surface area is 131 Å². The molecule has 21 heavy (non-hydrogen) atoms. The Bertz CT molecular complexity index is 576. The summed E-state index contributed by atoms with van der Waals surface area (Å²) >= 11 is 1.70. The molecule has 1 N–H and O–H groups in total. The highest BCUT2D eigenvalue weighted by molar-refractivity contribution is 7.09. The van der Waals surface area contributed by atoms with Crippen molar-refractivity contribution in [1.29, 1.82) is 0 Å². The van der Waals surface area contributed by atoms with Crippen LogP contribution in [0.3, 0.4) is 0 Å². The molecule has 1 saturated heterocycles. The summed E-state index contributed by atoms with van der Waals surface area (Å²) in [7, 11) is 2.24. The minimum Gasteiger partial charge on any atom is -0.383 e. The Morgan fingerprint density at radius 1 is 1.29 bits per heavy atom. The van der Waals surface area contributed by atoms with Gasteiger partial charge in [-0.3, -0.25) is 0 Å². The molecule has 0 aliphatic carbocycles. The van der Waals surface area contributed by atoms with Crippen molar-refractivity contribution >= 4 is 17.0 Å². The third-order valence-electron chi connectivity index (χ3n) is 4.26. The molecule has 1 fully saturated rings. The van der Waals surface area contributed by atoms with Crippen LogP contribution in [-0.2, 0) is 0 Å². The van der Waals surface area contributed by atoms with Crippen LogP contribution in [0.4, 0.5) is 5.69 Å². The summed E-state index contributed by atoms with van der Waals surface area (Å²) in [6.45, 7) is 4.31. The van der Waals surface area contributed by atoms with E-state index in [1.807, 2.05) is 6.92 Å². The number of anilines is 1. The highest BCUT2D eigenvalue weighted by atomic mass is 32.1. The lowest BCUT2D eigenvalue weighted by molar-refractivity contribution is 0.194. The Morgan fingerprint density at radius 2 is 2.10 bits per heavy atom. The quantitative estimate of drug-likeness (QED) is 0.924. The standard InChI is InChI=1S/C17H23N3S/c1-13-19-17(12-21-13)14-6-8-15(9-7-14)18-11-16-5-3-4-10-20(16)2/h6-9,12,16,18H,3-5,10-11H2,1-2H3. The van der Waals surface area contributed by atoms with Gasteiger partial charge >= 0.3 is 0 Å². The zero-order valence-electron chi connectivity index (χ0n) is 12.8. The Kier molecular flexibility index (Phi) is 4.56. The molecule has 4 heteroatoms. The van der Waals surface area contributed by atoms with Crippen LogP contribution < -0.4 is 5.32 Å². The number of hydrogen-bond donors (Lipinski definition) is 1. The van der Waals surface area contributed by atoms with E-state index < -0.39 is 0 Å². The van der Waals surface area contributed by atoms with Crippen molar-refractivity contribution in [1.82, 2.24) is 9.88 Å². The highest BCUT2D eigenvalue weighted by Crippen LogP contribution is 2.23. The largest absolute Gasteiger partial charge is 0.383 e. The maximum atomic E-state index is 4.53. The first-order valence-corrected chi connectivity index (χ1v) is 8.57.